The number of carbonyl (C=O) groups excluding carboxylic acids is 1. The van der Waals surface area contributed by atoms with Gasteiger partial charge in [0.25, 0.3) is 0 Å². The maximum atomic E-state index is 15.4. The van der Waals surface area contributed by atoms with Crippen LogP contribution in [0.4, 0.5) is 21.7 Å². The molecule has 0 bridgehead atoms. The van der Waals surface area contributed by atoms with Crippen LogP contribution in [0.3, 0.4) is 0 Å². The van der Waals surface area contributed by atoms with Crippen LogP contribution in [0.2, 0.25) is 5.02 Å². The van der Waals surface area contributed by atoms with Gasteiger partial charge in [0.15, 0.2) is 17.3 Å². The summed E-state index contributed by atoms with van der Waals surface area (Å²) < 4.78 is 22.8. The van der Waals surface area contributed by atoms with Crippen molar-refractivity contribution in [1.82, 2.24) is 34.4 Å². The first-order valence-electron chi connectivity index (χ1n) is 13.0. The van der Waals surface area contributed by atoms with E-state index in [0.29, 0.717) is 47.9 Å². The molecular formula is C28H23ClFN9O2. The Hall–Kier alpha value is -4.84. The molecule has 206 valence electrons. The van der Waals surface area contributed by atoms with Gasteiger partial charge in [0, 0.05) is 31.9 Å². The minimum atomic E-state index is -0.700. The van der Waals surface area contributed by atoms with Crippen molar-refractivity contribution in [3.8, 4) is 11.5 Å². The van der Waals surface area contributed by atoms with Crippen molar-refractivity contribution in [1.29, 1.82) is 0 Å². The third kappa shape index (κ3) is 4.45. The van der Waals surface area contributed by atoms with Gasteiger partial charge in [-0.25, -0.2) is 28.8 Å². The molecule has 0 radical (unpaired) electrons. The van der Waals surface area contributed by atoms with Crippen molar-refractivity contribution in [2.45, 2.75) is 18.4 Å². The predicted molar refractivity (Wildman–Crippen MR) is 151 cm³/mol. The number of nitrogens with zero attached hydrogens (tertiary/aromatic N) is 8. The summed E-state index contributed by atoms with van der Waals surface area (Å²) in [4.78, 5) is 34.1. The van der Waals surface area contributed by atoms with E-state index in [1.165, 1.54) is 24.8 Å². The highest BCUT2D eigenvalue weighted by Crippen LogP contribution is 2.45. The number of rotatable bonds is 6. The topological polar surface area (TPSA) is 114 Å². The van der Waals surface area contributed by atoms with Crippen molar-refractivity contribution in [2.24, 2.45) is 0 Å². The number of carbonyl (C=O) groups is 1. The monoisotopic (exact) mass is 571 g/mol. The van der Waals surface area contributed by atoms with Crippen LogP contribution in [-0.4, -0.2) is 65.5 Å². The fourth-order valence-electron chi connectivity index (χ4n) is 5.22. The van der Waals surface area contributed by atoms with E-state index in [0.717, 1.165) is 18.7 Å². The van der Waals surface area contributed by atoms with Gasteiger partial charge in [-0.1, -0.05) is 18.2 Å². The maximum Gasteiger partial charge on any atom is 0.246 e. The molecule has 1 saturated heterocycles. The molecular weight excluding hydrogens is 549 g/mol. The third-order valence-corrected chi connectivity index (χ3v) is 7.84. The average molecular weight is 572 g/mol. The number of aromatic nitrogens is 6. The standard InChI is InChI=1S/C28H23ClFN9O2/c1-2-23(40)38-12-11-37(14-28(38)8-9-28)21-6-4-19-26(36-21)27(33-15-31-19)35-18-3-5-20(24(29)25(18)30)41-17-7-10-39-22(13-17)32-16-34-39/h2-7,10,13,15-16H,1,8-9,11-12,14H2,(H,31,33,35). The van der Waals surface area contributed by atoms with Gasteiger partial charge in [-0.2, -0.15) is 5.10 Å². The first-order chi connectivity index (χ1) is 19.9. The van der Waals surface area contributed by atoms with E-state index in [9.17, 15) is 4.79 Å². The molecule has 7 rings (SSSR count). The van der Waals surface area contributed by atoms with Crippen LogP contribution in [0.1, 0.15) is 12.8 Å². The molecule has 1 N–H and O–H groups in total. The minimum absolute atomic E-state index is 0.0398. The molecule has 5 aromatic rings. The number of pyridine rings is 2. The average Bonchev–Trinajstić information content (AvgIpc) is 3.59. The Morgan fingerprint density at radius 3 is 2.83 bits per heavy atom. The zero-order valence-electron chi connectivity index (χ0n) is 21.7. The Labute approximate surface area is 238 Å². The Kier molecular flexibility index (Phi) is 5.93. The van der Waals surface area contributed by atoms with Crippen molar-refractivity contribution < 1.29 is 13.9 Å². The summed E-state index contributed by atoms with van der Waals surface area (Å²) in [6, 6.07) is 10.2. The van der Waals surface area contributed by atoms with Gasteiger partial charge < -0.3 is 19.9 Å². The molecule has 1 saturated carbocycles. The summed E-state index contributed by atoms with van der Waals surface area (Å²) in [7, 11) is 0. The Morgan fingerprint density at radius 2 is 2.00 bits per heavy atom. The lowest BCUT2D eigenvalue weighted by Crippen LogP contribution is -2.57. The first kappa shape index (κ1) is 25.1. The molecule has 0 atom stereocenters. The van der Waals surface area contributed by atoms with E-state index >= 15 is 4.39 Å². The highest BCUT2D eigenvalue weighted by atomic mass is 35.5. The van der Waals surface area contributed by atoms with Gasteiger partial charge >= 0.3 is 0 Å². The number of anilines is 3. The fourth-order valence-corrected chi connectivity index (χ4v) is 5.42. The second-order valence-electron chi connectivity index (χ2n) is 9.99. The van der Waals surface area contributed by atoms with Crippen LogP contribution in [0.25, 0.3) is 16.7 Å². The van der Waals surface area contributed by atoms with Crippen LogP contribution in [0.15, 0.2) is 67.9 Å². The van der Waals surface area contributed by atoms with Gasteiger partial charge in [0.1, 0.15) is 40.5 Å². The number of benzene rings is 1. The van der Waals surface area contributed by atoms with Crippen molar-refractivity contribution >= 4 is 51.5 Å². The number of piperazine rings is 1. The van der Waals surface area contributed by atoms with Crippen molar-refractivity contribution in [3.05, 3.63) is 78.7 Å². The van der Waals surface area contributed by atoms with Crippen LogP contribution in [0, 0.1) is 5.82 Å². The molecule has 1 aliphatic heterocycles. The van der Waals surface area contributed by atoms with Crippen molar-refractivity contribution in [3.63, 3.8) is 0 Å². The Bertz CT molecular complexity index is 1840. The Balaban J connectivity index is 1.15. The normalized spacial score (nSPS) is 15.9. The number of hydrogen-bond acceptors (Lipinski definition) is 9. The maximum absolute atomic E-state index is 15.4. The van der Waals surface area contributed by atoms with E-state index < -0.39 is 5.82 Å². The van der Waals surface area contributed by atoms with E-state index in [1.54, 1.807) is 28.9 Å². The molecule has 2 aliphatic rings. The SMILES string of the molecule is C=CC(=O)N1CCN(c2ccc3ncnc(Nc4ccc(Oc5ccn6ncnc6c5)c(Cl)c4F)c3n2)CC12CC2. The number of ether oxygens (including phenoxy) is 1. The molecule has 5 heterocycles. The quantitative estimate of drug-likeness (QED) is 0.288. The largest absolute Gasteiger partial charge is 0.455 e. The number of fused-ring (bicyclic) bond motifs is 2. The second kappa shape index (κ2) is 9.66. The van der Waals surface area contributed by atoms with Gasteiger partial charge in [-0.3, -0.25) is 4.79 Å². The molecule has 1 spiro atoms. The van der Waals surface area contributed by atoms with Crippen LogP contribution in [-0.2, 0) is 4.79 Å². The molecule has 2 fully saturated rings. The zero-order valence-corrected chi connectivity index (χ0v) is 22.4. The lowest BCUT2D eigenvalue weighted by atomic mass is 10.1. The van der Waals surface area contributed by atoms with Gasteiger partial charge in [0.2, 0.25) is 5.91 Å². The molecule has 11 nitrogen and oxygen atoms in total. The second-order valence-corrected chi connectivity index (χ2v) is 10.4. The molecule has 1 amide bonds. The molecule has 41 heavy (non-hydrogen) atoms. The summed E-state index contributed by atoms with van der Waals surface area (Å²) in [5.74, 6) is 0.915. The van der Waals surface area contributed by atoms with Crippen molar-refractivity contribution in [2.75, 3.05) is 29.9 Å². The summed E-state index contributed by atoms with van der Waals surface area (Å²) in [6.45, 7) is 5.54. The van der Waals surface area contributed by atoms with Crippen LogP contribution in [0.5, 0.6) is 11.5 Å². The lowest BCUT2D eigenvalue weighted by molar-refractivity contribution is -0.129. The summed E-state index contributed by atoms with van der Waals surface area (Å²) in [5.41, 5.74) is 1.59. The minimum Gasteiger partial charge on any atom is -0.455 e. The smallest absolute Gasteiger partial charge is 0.246 e. The molecule has 13 heteroatoms. The summed E-state index contributed by atoms with van der Waals surface area (Å²) >= 11 is 6.37. The van der Waals surface area contributed by atoms with Crippen LogP contribution < -0.4 is 15.0 Å². The first-order valence-corrected chi connectivity index (χ1v) is 13.3. The molecule has 4 aromatic heterocycles. The van der Waals surface area contributed by atoms with E-state index in [4.69, 9.17) is 21.3 Å². The summed E-state index contributed by atoms with van der Waals surface area (Å²) in [5, 5.41) is 6.88. The Morgan fingerprint density at radius 1 is 1.12 bits per heavy atom. The number of hydrogen-bond donors (Lipinski definition) is 1. The number of amides is 1. The molecule has 1 aromatic carbocycles. The lowest BCUT2D eigenvalue weighted by Gasteiger charge is -2.42. The third-order valence-electron chi connectivity index (χ3n) is 7.49. The highest BCUT2D eigenvalue weighted by Gasteiger charge is 2.52. The highest BCUT2D eigenvalue weighted by molar-refractivity contribution is 6.32. The fraction of sp³-hybridized carbons (Fsp3) is 0.214. The number of halogens is 2. The van der Waals surface area contributed by atoms with Gasteiger partial charge in [0.05, 0.1) is 16.7 Å². The van der Waals surface area contributed by atoms with E-state index in [2.05, 4.69) is 36.8 Å². The molecule has 1 aliphatic carbocycles. The van der Waals surface area contributed by atoms with Gasteiger partial charge in [-0.15, -0.1) is 0 Å². The van der Waals surface area contributed by atoms with E-state index in [1.807, 2.05) is 17.0 Å². The molecule has 0 unspecified atom stereocenters. The van der Waals surface area contributed by atoms with E-state index in [-0.39, 0.29) is 27.9 Å². The zero-order chi connectivity index (χ0) is 28.1. The van der Waals surface area contributed by atoms with Crippen LogP contribution >= 0.6 is 11.6 Å². The van der Waals surface area contributed by atoms with Gasteiger partial charge in [-0.05, 0) is 49.2 Å². The number of nitrogens with one attached hydrogen (secondary N) is 1. The summed E-state index contributed by atoms with van der Waals surface area (Å²) in [6.07, 6.45) is 7.77. The predicted octanol–water partition coefficient (Wildman–Crippen LogP) is 4.76.